The van der Waals surface area contributed by atoms with Crippen molar-refractivity contribution in [2.45, 2.75) is 19.8 Å². The van der Waals surface area contributed by atoms with Crippen LogP contribution in [0.3, 0.4) is 0 Å². The predicted octanol–water partition coefficient (Wildman–Crippen LogP) is 2.52. The van der Waals surface area contributed by atoms with Gasteiger partial charge in [0.1, 0.15) is 0 Å². The highest BCUT2D eigenvalue weighted by atomic mass is 31.2. The van der Waals surface area contributed by atoms with Crippen LogP contribution in [0.1, 0.15) is 19.8 Å². The highest BCUT2D eigenvalue weighted by Gasteiger charge is 2.14. The quantitative estimate of drug-likeness (QED) is 0.568. The van der Waals surface area contributed by atoms with Crippen LogP contribution >= 0.6 is 7.26 Å². The highest BCUT2D eigenvalue weighted by Crippen LogP contribution is 2.46. The van der Waals surface area contributed by atoms with E-state index >= 15 is 0 Å². The minimum absolute atomic E-state index is 0. The van der Waals surface area contributed by atoms with Crippen molar-refractivity contribution >= 4 is 7.26 Å². The van der Waals surface area contributed by atoms with Gasteiger partial charge in [0.15, 0.2) is 0 Å². The van der Waals surface area contributed by atoms with Crippen LogP contribution in [0, 0.1) is 0 Å². The smallest absolute Gasteiger partial charge is 0.0586 e. The standard InChI is InChI=1S/C7H18P.H2O/c1-5-6-7-8(2,3)4;/h5-7H2,1-4H3;1H2/q+1;/p-1. The minimum atomic E-state index is -0.432. The molecule has 0 rings (SSSR count). The molecule has 0 heterocycles. The molecule has 1 N–H and O–H groups in total. The Morgan fingerprint density at radius 3 is 1.67 bits per heavy atom. The molecular weight excluding hydrogens is 131 g/mol. The monoisotopic (exact) mass is 150 g/mol. The van der Waals surface area contributed by atoms with Crippen LogP contribution in [0.25, 0.3) is 0 Å². The lowest BCUT2D eigenvalue weighted by molar-refractivity contribution is 0.824. The van der Waals surface area contributed by atoms with Crippen molar-refractivity contribution in [2.24, 2.45) is 0 Å². The minimum Gasteiger partial charge on any atom is -0.870 e. The van der Waals surface area contributed by atoms with Gasteiger partial charge in [-0.1, -0.05) is 13.3 Å². The molecule has 0 aromatic rings. The summed E-state index contributed by atoms with van der Waals surface area (Å²) in [6.07, 6.45) is 4.26. The zero-order valence-electron chi connectivity index (χ0n) is 7.02. The molecule has 0 aromatic heterocycles. The van der Waals surface area contributed by atoms with E-state index in [1.165, 1.54) is 19.0 Å². The number of hydrogen-bond acceptors (Lipinski definition) is 1. The summed E-state index contributed by atoms with van der Waals surface area (Å²) in [7, 11) is -0.432. The molecular formula is C7H19OP. The van der Waals surface area contributed by atoms with Crippen LogP contribution in [-0.4, -0.2) is 31.6 Å². The van der Waals surface area contributed by atoms with E-state index in [-0.39, 0.29) is 5.48 Å². The molecule has 0 aromatic carbocycles. The Morgan fingerprint density at radius 2 is 1.56 bits per heavy atom. The van der Waals surface area contributed by atoms with Gasteiger partial charge in [-0.15, -0.1) is 0 Å². The summed E-state index contributed by atoms with van der Waals surface area (Å²) >= 11 is 0. The van der Waals surface area contributed by atoms with Gasteiger partial charge < -0.3 is 5.48 Å². The highest BCUT2D eigenvalue weighted by molar-refractivity contribution is 7.73. The number of hydrogen-bond donors (Lipinski definition) is 0. The zero-order valence-corrected chi connectivity index (χ0v) is 7.91. The fourth-order valence-electron chi connectivity index (χ4n) is 0.632. The van der Waals surface area contributed by atoms with Gasteiger partial charge in [-0.05, 0) is 6.42 Å². The fraction of sp³-hybridized carbons (Fsp3) is 1.00. The SMILES string of the molecule is CCCC[P+](C)(C)C.[OH-]. The largest absolute Gasteiger partial charge is 0.870 e. The lowest BCUT2D eigenvalue weighted by Gasteiger charge is -2.09. The average Bonchev–Trinajstić information content (AvgIpc) is 1.59. The van der Waals surface area contributed by atoms with Crippen molar-refractivity contribution in [1.29, 1.82) is 0 Å². The third-order valence-electron chi connectivity index (χ3n) is 1.18. The summed E-state index contributed by atoms with van der Waals surface area (Å²) < 4.78 is 0. The van der Waals surface area contributed by atoms with E-state index in [0.29, 0.717) is 0 Å². The van der Waals surface area contributed by atoms with E-state index in [1.54, 1.807) is 0 Å². The number of rotatable bonds is 3. The predicted molar refractivity (Wildman–Crippen MR) is 46.4 cm³/mol. The van der Waals surface area contributed by atoms with E-state index in [9.17, 15) is 0 Å². The van der Waals surface area contributed by atoms with Crippen molar-refractivity contribution in [3.8, 4) is 0 Å². The first-order valence-electron chi connectivity index (χ1n) is 3.36. The van der Waals surface area contributed by atoms with E-state index < -0.39 is 7.26 Å². The van der Waals surface area contributed by atoms with Crippen LogP contribution in [0.2, 0.25) is 0 Å². The second-order valence-electron chi connectivity index (χ2n) is 3.37. The van der Waals surface area contributed by atoms with Gasteiger partial charge in [0, 0.05) is 27.3 Å². The molecule has 58 valence electrons. The molecule has 0 saturated carbocycles. The zero-order chi connectivity index (χ0) is 6.62. The molecule has 0 aliphatic carbocycles. The molecule has 0 fully saturated rings. The van der Waals surface area contributed by atoms with Gasteiger partial charge >= 0.3 is 0 Å². The molecule has 0 spiro atoms. The molecule has 1 nitrogen and oxygen atoms in total. The molecule has 0 amide bonds. The van der Waals surface area contributed by atoms with E-state index in [2.05, 4.69) is 26.9 Å². The average molecular weight is 150 g/mol. The summed E-state index contributed by atoms with van der Waals surface area (Å²) in [6, 6.07) is 0. The van der Waals surface area contributed by atoms with Crippen LogP contribution in [0.5, 0.6) is 0 Å². The van der Waals surface area contributed by atoms with Crippen molar-refractivity contribution < 1.29 is 5.48 Å². The first-order valence-corrected chi connectivity index (χ1v) is 6.68. The summed E-state index contributed by atoms with van der Waals surface area (Å²) in [5, 5.41) is 0. The Morgan fingerprint density at radius 1 is 1.11 bits per heavy atom. The van der Waals surface area contributed by atoms with Crippen molar-refractivity contribution in [1.82, 2.24) is 0 Å². The molecule has 0 saturated heterocycles. The first-order chi connectivity index (χ1) is 3.56. The Labute approximate surface area is 59.5 Å². The second-order valence-corrected chi connectivity index (χ2v) is 8.40. The van der Waals surface area contributed by atoms with Gasteiger partial charge in [-0.25, -0.2) is 0 Å². The van der Waals surface area contributed by atoms with Crippen molar-refractivity contribution in [3.05, 3.63) is 0 Å². The maximum absolute atomic E-state index is 2.41. The fourth-order valence-corrected chi connectivity index (χ4v) is 1.90. The van der Waals surface area contributed by atoms with E-state index in [0.717, 1.165) is 0 Å². The Balaban J connectivity index is 0. The van der Waals surface area contributed by atoms with Gasteiger partial charge in [-0.3, -0.25) is 0 Å². The lowest BCUT2D eigenvalue weighted by Crippen LogP contribution is -1.90. The van der Waals surface area contributed by atoms with Crippen molar-refractivity contribution in [3.63, 3.8) is 0 Å². The molecule has 0 bridgehead atoms. The van der Waals surface area contributed by atoms with Crippen LogP contribution < -0.4 is 0 Å². The molecule has 0 unspecified atom stereocenters. The van der Waals surface area contributed by atoms with Crippen LogP contribution in [-0.2, 0) is 0 Å². The summed E-state index contributed by atoms with van der Waals surface area (Å²) in [4.78, 5) is 0. The third kappa shape index (κ3) is 11.8. The van der Waals surface area contributed by atoms with Gasteiger partial charge in [0.2, 0.25) is 0 Å². The molecule has 9 heavy (non-hydrogen) atoms. The van der Waals surface area contributed by atoms with Gasteiger partial charge in [0.05, 0.1) is 6.16 Å². The molecule has 0 aliphatic heterocycles. The third-order valence-corrected chi connectivity index (χ3v) is 2.84. The Kier molecular flexibility index (Phi) is 6.99. The molecule has 0 aliphatic rings. The summed E-state index contributed by atoms with van der Waals surface area (Å²) in [6.45, 7) is 9.48. The van der Waals surface area contributed by atoms with E-state index in [4.69, 9.17) is 0 Å². The topological polar surface area (TPSA) is 30.0 Å². The molecule has 0 atom stereocenters. The van der Waals surface area contributed by atoms with E-state index in [1.807, 2.05) is 0 Å². The normalized spacial score (nSPS) is 10.7. The lowest BCUT2D eigenvalue weighted by atomic mass is 10.4. The summed E-state index contributed by atoms with van der Waals surface area (Å²) in [5.74, 6) is 0. The van der Waals surface area contributed by atoms with Crippen molar-refractivity contribution in [2.75, 3.05) is 26.2 Å². The van der Waals surface area contributed by atoms with Crippen LogP contribution in [0.4, 0.5) is 0 Å². The summed E-state index contributed by atoms with van der Waals surface area (Å²) in [5.41, 5.74) is 0. The van der Waals surface area contributed by atoms with Gasteiger partial charge in [-0.2, -0.15) is 0 Å². The first kappa shape index (κ1) is 12.1. The van der Waals surface area contributed by atoms with Gasteiger partial charge in [0.25, 0.3) is 0 Å². The Bertz CT molecular complexity index is 56.4. The Hall–Kier alpha value is 0.390. The van der Waals surface area contributed by atoms with Crippen LogP contribution in [0.15, 0.2) is 0 Å². The molecule has 0 radical (unpaired) electrons. The maximum Gasteiger partial charge on any atom is 0.0586 e. The second kappa shape index (κ2) is 5.20. The molecule has 2 heteroatoms. The number of unbranched alkanes of at least 4 members (excludes halogenated alkanes) is 1. The maximum atomic E-state index is 2.41.